The van der Waals surface area contributed by atoms with Gasteiger partial charge in [-0.1, -0.05) is 6.92 Å². The van der Waals surface area contributed by atoms with Crippen LogP contribution >= 0.6 is 0 Å². The number of carbonyl (C=O) groups excluding carboxylic acids is 1. The van der Waals surface area contributed by atoms with Gasteiger partial charge in [0.15, 0.2) is 12.0 Å². The van der Waals surface area contributed by atoms with Crippen LogP contribution in [0.15, 0.2) is 16.5 Å². The fourth-order valence-corrected chi connectivity index (χ4v) is 2.34. The molecule has 88 valence electrons. The van der Waals surface area contributed by atoms with E-state index in [1.165, 1.54) is 12.8 Å². The number of likely N-dealkylation sites (tertiary alicyclic amines) is 1. The fraction of sp³-hybridized carbons (Fsp3) is 0.615. The van der Waals surface area contributed by atoms with E-state index in [1.807, 2.05) is 6.07 Å². The number of hydrogen-bond donors (Lipinski definition) is 0. The van der Waals surface area contributed by atoms with Crippen LogP contribution in [0.1, 0.15) is 43.0 Å². The van der Waals surface area contributed by atoms with E-state index in [9.17, 15) is 4.79 Å². The number of aldehydes is 1. The SMILES string of the molecule is CC1CCC(C)N(Cc2ccc(C=O)o2)C1. The molecule has 0 aliphatic carbocycles. The second-order valence-electron chi connectivity index (χ2n) is 4.88. The Bertz CT molecular complexity index is 359. The Kier molecular flexibility index (Phi) is 3.44. The minimum absolute atomic E-state index is 0.424. The van der Waals surface area contributed by atoms with Gasteiger partial charge in [-0.25, -0.2) is 0 Å². The molecule has 0 radical (unpaired) electrons. The van der Waals surface area contributed by atoms with Crippen LogP contribution in [0.3, 0.4) is 0 Å². The molecule has 1 aromatic heterocycles. The molecule has 0 bridgehead atoms. The lowest BCUT2D eigenvalue weighted by Gasteiger charge is -2.36. The number of nitrogens with zero attached hydrogens (tertiary/aromatic N) is 1. The first-order chi connectivity index (χ1) is 7.69. The highest BCUT2D eigenvalue weighted by Gasteiger charge is 2.23. The Balaban J connectivity index is 1.99. The maximum atomic E-state index is 10.5. The molecule has 0 amide bonds. The van der Waals surface area contributed by atoms with E-state index in [1.54, 1.807) is 6.07 Å². The Labute approximate surface area is 96.4 Å². The van der Waals surface area contributed by atoms with Gasteiger partial charge in [-0.15, -0.1) is 0 Å². The Hall–Kier alpha value is -1.09. The maximum absolute atomic E-state index is 10.5. The summed E-state index contributed by atoms with van der Waals surface area (Å²) in [4.78, 5) is 13.0. The molecule has 1 aromatic rings. The molecular formula is C13H19NO2. The lowest BCUT2D eigenvalue weighted by molar-refractivity contribution is 0.104. The summed E-state index contributed by atoms with van der Waals surface area (Å²) in [6.45, 7) is 6.49. The molecule has 1 aliphatic heterocycles. The summed E-state index contributed by atoms with van der Waals surface area (Å²) in [5.41, 5.74) is 0. The molecule has 2 rings (SSSR count). The van der Waals surface area contributed by atoms with Crippen molar-refractivity contribution in [3.05, 3.63) is 23.7 Å². The summed E-state index contributed by atoms with van der Waals surface area (Å²) in [5, 5.41) is 0. The van der Waals surface area contributed by atoms with E-state index in [0.29, 0.717) is 11.8 Å². The first-order valence-electron chi connectivity index (χ1n) is 5.97. The van der Waals surface area contributed by atoms with Crippen molar-refractivity contribution in [1.29, 1.82) is 0 Å². The van der Waals surface area contributed by atoms with Crippen molar-refractivity contribution in [3.8, 4) is 0 Å². The number of hydrogen-bond acceptors (Lipinski definition) is 3. The molecule has 1 fully saturated rings. The normalized spacial score (nSPS) is 26.9. The molecule has 3 heteroatoms. The summed E-state index contributed by atoms with van der Waals surface area (Å²) < 4.78 is 5.41. The largest absolute Gasteiger partial charge is 0.457 e. The molecule has 16 heavy (non-hydrogen) atoms. The third-order valence-corrected chi connectivity index (χ3v) is 3.40. The van der Waals surface area contributed by atoms with Crippen molar-refractivity contribution >= 4 is 6.29 Å². The molecule has 1 aliphatic rings. The van der Waals surface area contributed by atoms with Crippen molar-refractivity contribution in [1.82, 2.24) is 4.90 Å². The molecule has 0 aromatic carbocycles. The van der Waals surface area contributed by atoms with Gasteiger partial charge in [0.25, 0.3) is 0 Å². The molecule has 2 heterocycles. The Morgan fingerprint density at radius 3 is 2.94 bits per heavy atom. The number of piperidine rings is 1. The van der Waals surface area contributed by atoms with Gasteiger partial charge in [0.2, 0.25) is 0 Å². The van der Waals surface area contributed by atoms with Crippen LogP contribution in [0.4, 0.5) is 0 Å². The molecule has 3 nitrogen and oxygen atoms in total. The van der Waals surface area contributed by atoms with Crippen LogP contribution < -0.4 is 0 Å². The van der Waals surface area contributed by atoms with E-state index in [0.717, 1.165) is 31.1 Å². The van der Waals surface area contributed by atoms with Gasteiger partial charge in [-0.2, -0.15) is 0 Å². The third-order valence-electron chi connectivity index (χ3n) is 3.40. The average Bonchev–Trinajstić information content (AvgIpc) is 2.71. The Morgan fingerprint density at radius 1 is 1.44 bits per heavy atom. The highest BCUT2D eigenvalue weighted by molar-refractivity contribution is 5.70. The van der Waals surface area contributed by atoms with Crippen LogP contribution in [0.5, 0.6) is 0 Å². The second-order valence-corrected chi connectivity index (χ2v) is 4.88. The van der Waals surface area contributed by atoms with Crippen molar-refractivity contribution in [2.75, 3.05) is 6.54 Å². The standard InChI is InChI=1S/C13H19NO2/c1-10-3-4-11(2)14(7-10)8-12-5-6-13(9-15)16-12/h5-6,9-11H,3-4,7-8H2,1-2H3. The fourth-order valence-electron chi connectivity index (χ4n) is 2.34. The summed E-state index contributed by atoms with van der Waals surface area (Å²) in [6, 6.07) is 4.25. The molecule has 2 unspecified atom stereocenters. The summed E-state index contributed by atoms with van der Waals surface area (Å²) in [7, 11) is 0. The predicted octanol–water partition coefficient (Wildman–Crippen LogP) is 2.71. The van der Waals surface area contributed by atoms with E-state index < -0.39 is 0 Å². The number of furan rings is 1. The zero-order valence-corrected chi connectivity index (χ0v) is 9.98. The first kappa shape index (κ1) is 11.4. The van der Waals surface area contributed by atoms with E-state index in [4.69, 9.17) is 4.42 Å². The van der Waals surface area contributed by atoms with Crippen LogP contribution in [0.2, 0.25) is 0 Å². The van der Waals surface area contributed by atoms with Crippen molar-refractivity contribution in [2.24, 2.45) is 5.92 Å². The van der Waals surface area contributed by atoms with Gasteiger partial charge in [0.1, 0.15) is 5.76 Å². The van der Waals surface area contributed by atoms with Gasteiger partial charge in [0.05, 0.1) is 6.54 Å². The first-order valence-corrected chi connectivity index (χ1v) is 5.97. The van der Waals surface area contributed by atoms with Gasteiger partial charge < -0.3 is 4.42 Å². The Morgan fingerprint density at radius 2 is 2.25 bits per heavy atom. The van der Waals surface area contributed by atoms with Crippen LogP contribution in [-0.2, 0) is 6.54 Å². The van der Waals surface area contributed by atoms with Crippen molar-refractivity contribution in [3.63, 3.8) is 0 Å². The zero-order valence-electron chi connectivity index (χ0n) is 9.98. The lowest BCUT2D eigenvalue weighted by Crippen LogP contribution is -2.40. The molecule has 0 saturated carbocycles. The average molecular weight is 221 g/mol. The topological polar surface area (TPSA) is 33.5 Å². The molecular weight excluding hydrogens is 202 g/mol. The lowest BCUT2D eigenvalue weighted by atomic mass is 9.95. The molecule has 1 saturated heterocycles. The second kappa shape index (κ2) is 4.83. The van der Waals surface area contributed by atoms with E-state index >= 15 is 0 Å². The van der Waals surface area contributed by atoms with Crippen LogP contribution in [-0.4, -0.2) is 23.8 Å². The molecule has 0 N–H and O–H groups in total. The van der Waals surface area contributed by atoms with Gasteiger partial charge in [0, 0.05) is 12.6 Å². The van der Waals surface area contributed by atoms with Crippen LogP contribution in [0.25, 0.3) is 0 Å². The van der Waals surface area contributed by atoms with Crippen LogP contribution in [0, 0.1) is 5.92 Å². The summed E-state index contributed by atoms with van der Waals surface area (Å²) in [6.07, 6.45) is 3.32. The number of carbonyl (C=O) groups is 1. The summed E-state index contributed by atoms with van der Waals surface area (Å²) >= 11 is 0. The minimum atomic E-state index is 0.424. The summed E-state index contributed by atoms with van der Waals surface area (Å²) in [5.74, 6) is 2.08. The minimum Gasteiger partial charge on any atom is -0.457 e. The maximum Gasteiger partial charge on any atom is 0.185 e. The van der Waals surface area contributed by atoms with Gasteiger partial charge in [-0.05, 0) is 37.8 Å². The number of rotatable bonds is 3. The highest BCUT2D eigenvalue weighted by atomic mass is 16.3. The smallest absolute Gasteiger partial charge is 0.185 e. The third kappa shape index (κ3) is 2.53. The molecule has 0 spiro atoms. The van der Waals surface area contributed by atoms with E-state index in [2.05, 4.69) is 18.7 Å². The quantitative estimate of drug-likeness (QED) is 0.736. The van der Waals surface area contributed by atoms with Crippen molar-refractivity contribution in [2.45, 2.75) is 39.3 Å². The van der Waals surface area contributed by atoms with Gasteiger partial charge in [-0.3, -0.25) is 9.69 Å². The monoisotopic (exact) mass is 221 g/mol. The molecule has 2 atom stereocenters. The van der Waals surface area contributed by atoms with Gasteiger partial charge >= 0.3 is 0 Å². The van der Waals surface area contributed by atoms with E-state index in [-0.39, 0.29) is 0 Å². The highest BCUT2D eigenvalue weighted by Crippen LogP contribution is 2.23. The van der Waals surface area contributed by atoms with Crippen molar-refractivity contribution < 1.29 is 9.21 Å². The predicted molar refractivity (Wildman–Crippen MR) is 62.4 cm³/mol. The zero-order chi connectivity index (χ0) is 11.5.